The van der Waals surface area contributed by atoms with Crippen LogP contribution in [-0.4, -0.2) is 38.8 Å². The standard InChI is InChI=1S/C20H19N3O4S/c1-26-16-8-7-13(9-17(16)27-2)20(25)21-11-19(24)23-22-10-14-12-28-18-6-4-3-5-15(14)18/h3-10,12H,11H2,1-2H3,(H,21,25)(H,23,24)/b22-10+. The Bertz CT molecular complexity index is 1030. The van der Waals surface area contributed by atoms with Crippen LogP contribution in [0, 0.1) is 0 Å². The first-order chi connectivity index (χ1) is 13.6. The summed E-state index contributed by atoms with van der Waals surface area (Å²) >= 11 is 1.61. The molecule has 0 saturated carbocycles. The Morgan fingerprint density at radius 1 is 1.11 bits per heavy atom. The predicted molar refractivity (Wildman–Crippen MR) is 109 cm³/mol. The summed E-state index contributed by atoms with van der Waals surface area (Å²) in [5.41, 5.74) is 3.70. The van der Waals surface area contributed by atoms with Crippen LogP contribution < -0.4 is 20.2 Å². The fraction of sp³-hybridized carbons (Fsp3) is 0.150. The first kappa shape index (κ1) is 19.4. The number of hydrogen-bond donors (Lipinski definition) is 2. The van der Waals surface area contributed by atoms with Crippen molar-refractivity contribution in [2.45, 2.75) is 0 Å². The van der Waals surface area contributed by atoms with Crippen LogP contribution in [0.15, 0.2) is 52.9 Å². The summed E-state index contributed by atoms with van der Waals surface area (Å²) in [4.78, 5) is 24.1. The quantitative estimate of drug-likeness (QED) is 0.474. The summed E-state index contributed by atoms with van der Waals surface area (Å²) < 4.78 is 11.5. The van der Waals surface area contributed by atoms with Crippen LogP contribution in [0.4, 0.5) is 0 Å². The molecule has 0 bridgehead atoms. The van der Waals surface area contributed by atoms with E-state index in [2.05, 4.69) is 15.8 Å². The van der Waals surface area contributed by atoms with Gasteiger partial charge in [0, 0.05) is 26.6 Å². The highest BCUT2D eigenvalue weighted by atomic mass is 32.1. The van der Waals surface area contributed by atoms with Crippen molar-refractivity contribution in [2.75, 3.05) is 20.8 Å². The number of carbonyl (C=O) groups is 2. The van der Waals surface area contributed by atoms with E-state index < -0.39 is 11.8 Å². The molecule has 2 amide bonds. The van der Waals surface area contributed by atoms with Gasteiger partial charge in [0.1, 0.15) is 0 Å². The Morgan fingerprint density at radius 3 is 2.68 bits per heavy atom. The van der Waals surface area contributed by atoms with Gasteiger partial charge < -0.3 is 14.8 Å². The highest BCUT2D eigenvalue weighted by molar-refractivity contribution is 7.17. The van der Waals surface area contributed by atoms with Gasteiger partial charge >= 0.3 is 0 Å². The van der Waals surface area contributed by atoms with Gasteiger partial charge in [0.05, 0.1) is 27.0 Å². The van der Waals surface area contributed by atoms with Crippen molar-refractivity contribution in [3.63, 3.8) is 0 Å². The van der Waals surface area contributed by atoms with Gasteiger partial charge in [-0.3, -0.25) is 9.59 Å². The van der Waals surface area contributed by atoms with E-state index in [9.17, 15) is 9.59 Å². The van der Waals surface area contributed by atoms with Crippen LogP contribution in [0.25, 0.3) is 10.1 Å². The molecule has 7 nitrogen and oxygen atoms in total. The van der Waals surface area contributed by atoms with E-state index in [1.54, 1.807) is 35.8 Å². The summed E-state index contributed by atoms with van der Waals surface area (Å²) in [7, 11) is 3.00. The molecule has 0 radical (unpaired) electrons. The number of nitrogens with zero attached hydrogens (tertiary/aromatic N) is 1. The van der Waals surface area contributed by atoms with E-state index in [0.717, 1.165) is 15.6 Å². The Labute approximate surface area is 166 Å². The van der Waals surface area contributed by atoms with Crippen molar-refractivity contribution in [3.8, 4) is 11.5 Å². The lowest BCUT2D eigenvalue weighted by Crippen LogP contribution is -2.34. The third-order valence-electron chi connectivity index (χ3n) is 3.96. The van der Waals surface area contributed by atoms with E-state index >= 15 is 0 Å². The molecule has 0 saturated heterocycles. The van der Waals surface area contributed by atoms with Crippen LogP contribution in [0.3, 0.4) is 0 Å². The van der Waals surface area contributed by atoms with Crippen LogP contribution in [0.2, 0.25) is 0 Å². The maximum atomic E-state index is 12.2. The van der Waals surface area contributed by atoms with E-state index in [4.69, 9.17) is 9.47 Å². The number of hydrazone groups is 1. The molecule has 0 aliphatic carbocycles. The second-order valence-electron chi connectivity index (χ2n) is 5.73. The number of carbonyl (C=O) groups excluding carboxylic acids is 2. The molecule has 0 aliphatic rings. The molecule has 8 heteroatoms. The lowest BCUT2D eigenvalue weighted by atomic mass is 10.2. The topological polar surface area (TPSA) is 89.0 Å². The molecule has 3 rings (SSSR count). The average Bonchev–Trinajstić information content (AvgIpc) is 3.14. The lowest BCUT2D eigenvalue weighted by molar-refractivity contribution is -0.120. The summed E-state index contributed by atoms with van der Waals surface area (Å²) in [6, 6.07) is 12.7. The summed E-state index contributed by atoms with van der Waals surface area (Å²) in [5.74, 6) is 0.132. The highest BCUT2D eigenvalue weighted by Gasteiger charge is 2.11. The van der Waals surface area contributed by atoms with Gasteiger partial charge in [0.15, 0.2) is 11.5 Å². The summed E-state index contributed by atoms with van der Waals surface area (Å²) in [5, 5.41) is 9.55. The molecular formula is C20H19N3O4S. The van der Waals surface area contributed by atoms with Gasteiger partial charge in [-0.15, -0.1) is 11.3 Å². The van der Waals surface area contributed by atoms with Crippen molar-refractivity contribution < 1.29 is 19.1 Å². The first-order valence-corrected chi connectivity index (χ1v) is 9.28. The predicted octanol–water partition coefficient (Wildman–Crippen LogP) is 2.80. The number of methoxy groups -OCH3 is 2. The number of amides is 2. The Kier molecular flexibility index (Phi) is 6.23. The number of ether oxygens (including phenoxy) is 2. The number of nitrogens with one attached hydrogen (secondary N) is 2. The molecule has 0 spiro atoms. The number of hydrogen-bond acceptors (Lipinski definition) is 6. The number of benzene rings is 2. The maximum Gasteiger partial charge on any atom is 0.259 e. The van der Waals surface area contributed by atoms with Gasteiger partial charge in [0.2, 0.25) is 0 Å². The highest BCUT2D eigenvalue weighted by Crippen LogP contribution is 2.27. The zero-order valence-electron chi connectivity index (χ0n) is 15.4. The van der Waals surface area contributed by atoms with Gasteiger partial charge in [0.25, 0.3) is 11.8 Å². The number of rotatable bonds is 7. The van der Waals surface area contributed by atoms with Crippen molar-refractivity contribution in [1.82, 2.24) is 10.7 Å². The molecule has 3 aromatic rings. The minimum Gasteiger partial charge on any atom is -0.493 e. The molecule has 0 fully saturated rings. The van der Waals surface area contributed by atoms with Gasteiger partial charge in [-0.2, -0.15) is 5.10 Å². The lowest BCUT2D eigenvalue weighted by Gasteiger charge is -2.09. The van der Waals surface area contributed by atoms with Gasteiger partial charge in [-0.1, -0.05) is 18.2 Å². The SMILES string of the molecule is COc1ccc(C(=O)NCC(=O)N/N=C/c2csc3ccccc23)cc1OC. The minimum absolute atomic E-state index is 0.200. The van der Waals surface area contributed by atoms with Crippen molar-refractivity contribution in [1.29, 1.82) is 0 Å². The fourth-order valence-electron chi connectivity index (χ4n) is 2.55. The van der Waals surface area contributed by atoms with Crippen LogP contribution >= 0.6 is 11.3 Å². The van der Waals surface area contributed by atoms with E-state index in [-0.39, 0.29) is 6.54 Å². The smallest absolute Gasteiger partial charge is 0.259 e. The van der Waals surface area contributed by atoms with Crippen LogP contribution in [0.1, 0.15) is 15.9 Å². The second kappa shape index (κ2) is 9.01. The monoisotopic (exact) mass is 397 g/mol. The van der Waals surface area contributed by atoms with Crippen LogP contribution in [0.5, 0.6) is 11.5 Å². The molecule has 144 valence electrons. The Hall–Kier alpha value is -3.39. The zero-order valence-corrected chi connectivity index (χ0v) is 16.2. The molecule has 0 atom stereocenters. The molecule has 2 aromatic carbocycles. The summed E-state index contributed by atoms with van der Waals surface area (Å²) in [6.45, 7) is -0.200. The van der Waals surface area contributed by atoms with E-state index in [1.807, 2.05) is 29.6 Å². The van der Waals surface area contributed by atoms with Crippen molar-refractivity contribution >= 4 is 39.5 Å². The molecule has 0 unspecified atom stereocenters. The molecule has 1 heterocycles. The minimum atomic E-state index is -0.426. The van der Waals surface area contributed by atoms with Crippen molar-refractivity contribution in [2.24, 2.45) is 5.10 Å². The van der Waals surface area contributed by atoms with E-state index in [1.165, 1.54) is 14.2 Å². The molecule has 0 aliphatic heterocycles. The van der Waals surface area contributed by atoms with Gasteiger partial charge in [-0.05, 0) is 24.3 Å². The third-order valence-corrected chi connectivity index (χ3v) is 4.94. The molecule has 28 heavy (non-hydrogen) atoms. The number of fused-ring (bicyclic) bond motifs is 1. The third kappa shape index (κ3) is 4.47. The fourth-order valence-corrected chi connectivity index (χ4v) is 3.46. The van der Waals surface area contributed by atoms with E-state index in [0.29, 0.717) is 17.1 Å². The summed E-state index contributed by atoms with van der Waals surface area (Å²) in [6.07, 6.45) is 1.59. The largest absolute Gasteiger partial charge is 0.493 e. The number of thiophene rings is 1. The van der Waals surface area contributed by atoms with Crippen molar-refractivity contribution in [3.05, 3.63) is 59.0 Å². The Morgan fingerprint density at radius 2 is 1.89 bits per heavy atom. The maximum absolute atomic E-state index is 12.2. The average molecular weight is 397 g/mol. The second-order valence-corrected chi connectivity index (χ2v) is 6.64. The molecule has 1 aromatic heterocycles. The Balaban J connectivity index is 1.53. The zero-order chi connectivity index (χ0) is 19.9. The normalized spacial score (nSPS) is 10.8. The van der Waals surface area contributed by atoms with Crippen LogP contribution in [-0.2, 0) is 4.79 Å². The first-order valence-electron chi connectivity index (χ1n) is 8.40. The molecule has 2 N–H and O–H groups in total. The molecular weight excluding hydrogens is 378 g/mol. The van der Waals surface area contributed by atoms with Gasteiger partial charge in [-0.25, -0.2) is 5.43 Å².